The van der Waals surface area contributed by atoms with E-state index in [0.717, 1.165) is 10.9 Å². The van der Waals surface area contributed by atoms with Crippen LogP contribution in [0.4, 0.5) is 0 Å². The van der Waals surface area contributed by atoms with Crippen molar-refractivity contribution in [3.05, 3.63) is 60.3 Å². The lowest BCUT2D eigenvalue weighted by molar-refractivity contribution is 0.103. The number of imidazole rings is 1. The maximum Gasteiger partial charge on any atom is 0.229 e. The van der Waals surface area contributed by atoms with E-state index >= 15 is 0 Å². The highest BCUT2D eigenvalue weighted by Gasteiger charge is 2.11. The molecule has 0 saturated heterocycles. The molecule has 0 aliphatic carbocycles. The molecule has 4 nitrogen and oxygen atoms in total. The summed E-state index contributed by atoms with van der Waals surface area (Å²) in [6, 6.07) is 9.51. The lowest BCUT2D eigenvalue weighted by Gasteiger charge is -2.00. The van der Waals surface area contributed by atoms with E-state index in [2.05, 4.69) is 15.0 Å². The number of hydrogen-bond acceptors (Lipinski definition) is 3. The standard InChI is InChI=1S/C13H9N3O/c17-12(13-14-5-6-15-13)10-7-9-3-1-2-4-11(9)16-8-10/h1-8H,(H,14,15). The molecule has 0 amide bonds. The molecular formula is C13H9N3O. The second-order valence-electron chi connectivity index (χ2n) is 3.68. The molecule has 17 heavy (non-hydrogen) atoms. The van der Waals surface area contributed by atoms with E-state index in [4.69, 9.17) is 0 Å². The van der Waals surface area contributed by atoms with E-state index in [9.17, 15) is 4.79 Å². The van der Waals surface area contributed by atoms with Crippen molar-refractivity contribution < 1.29 is 4.79 Å². The number of para-hydroxylation sites is 1. The fourth-order valence-electron chi connectivity index (χ4n) is 1.72. The summed E-state index contributed by atoms with van der Waals surface area (Å²) in [6.07, 6.45) is 4.76. The smallest absolute Gasteiger partial charge is 0.229 e. The van der Waals surface area contributed by atoms with Gasteiger partial charge < -0.3 is 4.98 Å². The largest absolute Gasteiger partial charge is 0.342 e. The number of rotatable bonds is 2. The van der Waals surface area contributed by atoms with E-state index < -0.39 is 0 Å². The van der Waals surface area contributed by atoms with Crippen LogP contribution in [0.2, 0.25) is 0 Å². The number of hydrogen-bond donors (Lipinski definition) is 1. The summed E-state index contributed by atoms with van der Waals surface area (Å²) in [5.41, 5.74) is 1.42. The van der Waals surface area contributed by atoms with Crippen LogP contribution in [0, 0.1) is 0 Å². The molecule has 0 spiro atoms. The highest BCUT2D eigenvalue weighted by Crippen LogP contribution is 2.14. The molecule has 0 bridgehead atoms. The molecule has 0 aliphatic heterocycles. The van der Waals surface area contributed by atoms with Gasteiger partial charge in [-0.15, -0.1) is 0 Å². The maximum atomic E-state index is 12.0. The average Bonchev–Trinajstić information content (AvgIpc) is 2.91. The predicted molar refractivity (Wildman–Crippen MR) is 63.8 cm³/mol. The van der Waals surface area contributed by atoms with Crippen LogP contribution in [0.1, 0.15) is 16.2 Å². The molecule has 82 valence electrons. The monoisotopic (exact) mass is 223 g/mol. The Kier molecular flexibility index (Phi) is 2.19. The number of carbonyl (C=O) groups excluding carboxylic acids is 1. The molecule has 2 heterocycles. The Morgan fingerprint density at radius 1 is 1.18 bits per heavy atom. The Balaban J connectivity index is 2.09. The first-order chi connectivity index (χ1) is 8.34. The zero-order valence-corrected chi connectivity index (χ0v) is 8.92. The molecule has 0 radical (unpaired) electrons. The number of H-pyrrole nitrogens is 1. The molecule has 4 heteroatoms. The van der Waals surface area contributed by atoms with Crippen molar-refractivity contribution in [2.24, 2.45) is 0 Å². The van der Waals surface area contributed by atoms with Crippen LogP contribution in [0.25, 0.3) is 10.9 Å². The Morgan fingerprint density at radius 3 is 2.88 bits per heavy atom. The van der Waals surface area contributed by atoms with Crippen LogP contribution >= 0.6 is 0 Å². The fourth-order valence-corrected chi connectivity index (χ4v) is 1.72. The lowest BCUT2D eigenvalue weighted by atomic mass is 10.1. The molecule has 0 atom stereocenters. The Morgan fingerprint density at radius 2 is 2.06 bits per heavy atom. The van der Waals surface area contributed by atoms with E-state index in [1.807, 2.05) is 30.3 Å². The lowest BCUT2D eigenvalue weighted by Crippen LogP contribution is -2.04. The van der Waals surface area contributed by atoms with Gasteiger partial charge in [0, 0.05) is 29.5 Å². The molecule has 1 aromatic carbocycles. The van der Waals surface area contributed by atoms with Gasteiger partial charge in [-0.25, -0.2) is 4.98 Å². The minimum absolute atomic E-state index is 0.145. The highest BCUT2D eigenvalue weighted by molar-refractivity contribution is 6.07. The van der Waals surface area contributed by atoms with Gasteiger partial charge in [0.1, 0.15) is 0 Å². The molecular weight excluding hydrogens is 214 g/mol. The topological polar surface area (TPSA) is 58.6 Å². The van der Waals surface area contributed by atoms with Gasteiger partial charge in [-0.1, -0.05) is 18.2 Å². The maximum absolute atomic E-state index is 12.0. The van der Waals surface area contributed by atoms with Crippen LogP contribution in [0.15, 0.2) is 48.9 Å². The Bertz CT molecular complexity index is 674. The number of nitrogens with one attached hydrogen (secondary N) is 1. The van der Waals surface area contributed by atoms with Crippen LogP contribution in [0.3, 0.4) is 0 Å². The third-order valence-electron chi connectivity index (χ3n) is 2.57. The zero-order chi connectivity index (χ0) is 11.7. The highest BCUT2D eigenvalue weighted by atomic mass is 16.1. The molecule has 3 aromatic rings. The third-order valence-corrected chi connectivity index (χ3v) is 2.57. The van der Waals surface area contributed by atoms with Crippen molar-refractivity contribution in [3.8, 4) is 0 Å². The predicted octanol–water partition coefficient (Wildman–Crippen LogP) is 2.19. The fraction of sp³-hybridized carbons (Fsp3) is 0. The Labute approximate surface area is 97.3 Å². The minimum atomic E-state index is -0.145. The quantitative estimate of drug-likeness (QED) is 0.677. The van der Waals surface area contributed by atoms with Gasteiger partial charge in [0.05, 0.1) is 5.52 Å². The average molecular weight is 223 g/mol. The van der Waals surface area contributed by atoms with Gasteiger partial charge in [0.2, 0.25) is 5.78 Å². The van der Waals surface area contributed by atoms with Gasteiger partial charge in [-0.2, -0.15) is 0 Å². The molecule has 0 unspecified atom stereocenters. The molecule has 0 saturated carbocycles. The molecule has 1 N–H and O–H groups in total. The van der Waals surface area contributed by atoms with Gasteiger partial charge in [-0.05, 0) is 12.1 Å². The Hall–Kier alpha value is -2.49. The third kappa shape index (κ3) is 1.69. The van der Waals surface area contributed by atoms with E-state index in [0.29, 0.717) is 11.4 Å². The van der Waals surface area contributed by atoms with Gasteiger partial charge in [0.15, 0.2) is 5.82 Å². The molecule has 0 fully saturated rings. The van der Waals surface area contributed by atoms with Crippen LogP contribution < -0.4 is 0 Å². The summed E-state index contributed by atoms with van der Waals surface area (Å²) in [4.78, 5) is 23.0. The van der Waals surface area contributed by atoms with Crippen molar-refractivity contribution in [2.75, 3.05) is 0 Å². The van der Waals surface area contributed by atoms with Gasteiger partial charge in [0.25, 0.3) is 0 Å². The number of fused-ring (bicyclic) bond motifs is 1. The summed E-state index contributed by atoms with van der Waals surface area (Å²) in [7, 11) is 0. The molecule has 3 rings (SSSR count). The van der Waals surface area contributed by atoms with Crippen LogP contribution in [-0.4, -0.2) is 20.7 Å². The van der Waals surface area contributed by atoms with Crippen LogP contribution in [-0.2, 0) is 0 Å². The number of carbonyl (C=O) groups is 1. The van der Waals surface area contributed by atoms with E-state index in [1.54, 1.807) is 18.6 Å². The molecule has 0 aliphatic rings. The summed E-state index contributed by atoms with van der Waals surface area (Å²) in [6.45, 7) is 0. The van der Waals surface area contributed by atoms with Crippen molar-refractivity contribution >= 4 is 16.7 Å². The second kappa shape index (κ2) is 3.83. The first kappa shape index (κ1) is 9.72. The number of benzene rings is 1. The minimum Gasteiger partial charge on any atom is -0.342 e. The van der Waals surface area contributed by atoms with Crippen molar-refractivity contribution in [1.29, 1.82) is 0 Å². The van der Waals surface area contributed by atoms with Crippen LogP contribution in [0.5, 0.6) is 0 Å². The SMILES string of the molecule is O=C(c1cnc2ccccc2c1)c1ncc[nH]1. The first-order valence-corrected chi connectivity index (χ1v) is 5.23. The van der Waals surface area contributed by atoms with E-state index in [1.165, 1.54) is 0 Å². The number of aromatic nitrogens is 3. The van der Waals surface area contributed by atoms with E-state index in [-0.39, 0.29) is 5.78 Å². The van der Waals surface area contributed by atoms with Gasteiger partial charge >= 0.3 is 0 Å². The molecule has 2 aromatic heterocycles. The number of ketones is 1. The van der Waals surface area contributed by atoms with Crippen molar-refractivity contribution in [3.63, 3.8) is 0 Å². The zero-order valence-electron chi connectivity index (χ0n) is 8.92. The number of aromatic amines is 1. The van der Waals surface area contributed by atoms with Gasteiger partial charge in [-0.3, -0.25) is 9.78 Å². The summed E-state index contributed by atoms with van der Waals surface area (Å²) >= 11 is 0. The normalized spacial score (nSPS) is 10.6. The van der Waals surface area contributed by atoms with Crippen molar-refractivity contribution in [1.82, 2.24) is 15.0 Å². The summed E-state index contributed by atoms with van der Waals surface area (Å²) in [5.74, 6) is 0.190. The number of pyridine rings is 1. The number of nitrogens with zero attached hydrogens (tertiary/aromatic N) is 2. The summed E-state index contributed by atoms with van der Waals surface area (Å²) in [5, 5.41) is 0.949. The van der Waals surface area contributed by atoms with Crippen molar-refractivity contribution in [2.45, 2.75) is 0 Å². The first-order valence-electron chi connectivity index (χ1n) is 5.23. The second-order valence-corrected chi connectivity index (χ2v) is 3.68. The summed E-state index contributed by atoms with van der Waals surface area (Å²) < 4.78 is 0.